The van der Waals surface area contributed by atoms with Crippen molar-refractivity contribution in [2.75, 3.05) is 0 Å². The monoisotopic (exact) mass is 182 g/mol. The number of hydrogen-bond acceptors (Lipinski definition) is 1. The van der Waals surface area contributed by atoms with Crippen LogP contribution < -0.4 is 0 Å². The van der Waals surface area contributed by atoms with E-state index in [9.17, 15) is 0 Å². The summed E-state index contributed by atoms with van der Waals surface area (Å²) >= 11 is 0. The van der Waals surface area contributed by atoms with Gasteiger partial charge in [-0.05, 0) is 12.8 Å². The van der Waals surface area contributed by atoms with E-state index >= 15 is 0 Å². The van der Waals surface area contributed by atoms with Crippen molar-refractivity contribution in [3.63, 3.8) is 0 Å². The summed E-state index contributed by atoms with van der Waals surface area (Å²) in [6, 6.07) is 0. The van der Waals surface area contributed by atoms with Gasteiger partial charge in [-0.1, -0.05) is 38.8 Å². The lowest BCUT2D eigenvalue weighted by atomic mass is 10.1. The van der Waals surface area contributed by atoms with Crippen LogP contribution in [-0.4, -0.2) is 12.2 Å². The molecule has 76 valence electrons. The molecule has 2 atom stereocenters. The Bertz CT molecular complexity index is 124. The average molecular weight is 182 g/mol. The third-order valence-electron chi connectivity index (χ3n) is 2.02. The molecule has 0 aromatic heterocycles. The molecular formula is C12H22O. The number of hydrogen-bond donors (Lipinski definition) is 0. The quantitative estimate of drug-likeness (QED) is 0.520. The molecule has 0 spiro atoms. The maximum atomic E-state index is 5.79. The minimum atomic E-state index is 0.194. The van der Waals surface area contributed by atoms with Crippen LogP contribution in [0.1, 0.15) is 39.5 Å². The molecule has 0 aliphatic rings. The lowest BCUT2D eigenvalue weighted by molar-refractivity contribution is 0.0320. The molecule has 0 fully saturated rings. The summed E-state index contributed by atoms with van der Waals surface area (Å²) in [4.78, 5) is 0. The van der Waals surface area contributed by atoms with Crippen LogP contribution in [-0.2, 0) is 4.74 Å². The highest BCUT2D eigenvalue weighted by Gasteiger charge is 2.09. The van der Waals surface area contributed by atoms with Gasteiger partial charge >= 0.3 is 0 Å². The van der Waals surface area contributed by atoms with Gasteiger partial charge in [0.2, 0.25) is 0 Å². The van der Waals surface area contributed by atoms with Crippen molar-refractivity contribution in [1.29, 1.82) is 0 Å². The van der Waals surface area contributed by atoms with E-state index in [-0.39, 0.29) is 12.2 Å². The first-order chi connectivity index (χ1) is 6.28. The first-order valence-electron chi connectivity index (χ1n) is 5.19. The molecule has 0 bridgehead atoms. The molecule has 0 heterocycles. The zero-order valence-corrected chi connectivity index (χ0v) is 8.96. The summed E-state index contributed by atoms with van der Waals surface area (Å²) in [5.74, 6) is 0. The second kappa shape index (κ2) is 8.06. The standard InChI is InChI=1S/C12H22O/c1-5-9-11(7-3)13-12(8-4)10-6-2/h7-8,11-12H,3-6,9-10H2,1-2H3. The van der Waals surface area contributed by atoms with Crippen LogP contribution in [0.2, 0.25) is 0 Å². The fourth-order valence-corrected chi connectivity index (χ4v) is 1.28. The third kappa shape index (κ3) is 5.64. The summed E-state index contributed by atoms with van der Waals surface area (Å²) in [7, 11) is 0. The first-order valence-corrected chi connectivity index (χ1v) is 5.19. The van der Waals surface area contributed by atoms with E-state index in [2.05, 4.69) is 27.0 Å². The summed E-state index contributed by atoms with van der Waals surface area (Å²) in [5, 5.41) is 0. The summed E-state index contributed by atoms with van der Waals surface area (Å²) < 4.78 is 5.79. The van der Waals surface area contributed by atoms with Crippen LogP contribution >= 0.6 is 0 Å². The smallest absolute Gasteiger partial charge is 0.0761 e. The lowest BCUT2D eigenvalue weighted by Crippen LogP contribution is -2.18. The molecule has 0 aliphatic carbocycles. The average Bonchev–Trinajstić information content (AvgIpc) is 2.16. The van der Waals surface area contributed by atoms with Crippen molar-refractivity contribution >= 4 is 0 Å². The Kier molecular flexibility index (Phi) is 7.71. The third-order valence-corrected chi connectivity index (χ3v) is 2.02. The van der Waals surface area contributed by atoms with E-state index < -0.39 is 0 Å². The van der Waals surface area contributed by atoms with Crippen molar-refractivity contribution in [1.82, 2.24) is 0 Å². The number of rotatable bonds is 8. The van der Waals surface area contributed by atoms with E-state index in [1.54, 1.807) is 0 Å². The van der Waals surface area contributed by atoms with Crippen molar-refractivity contribution in [2.24, 2.45) is 0 Å². The molecule has 0 saturated heterocycles. The zero-order chi connectivity index (χ0) is 10.1. The molecule has 0 N–H and O–H groups in total. The van der Waals surface area contributed by atoms with Gasteiger partial charge in [-0.25, -0.2) is 0 Å². The highest BCUT2D eigenvalue weighted by Crippen LogP contribution is 2.11. The maximum Gasteiger partial charge on any atom is 0.0761 e. The van der Waals surface area contributed by atoms with Gasteiger partial charge < -0.3 is 4.74 Å². The molecule has 0 aliphatic heterocycles. The molecule has 0 radical (unpaired) electrons. The predicted molar refractivity (Wildman–Crippen MR) is 58.9 cm³/mol. The van der Waals surface area contributed by atoms with Gasteiger partial charge in [0.25, 0.3) is 0 Å². The summed E-state index contributed by atoms with van der Waals surface area (Å²) in [6.07, 6.45) is 8.53. The Morgan fingerprint density at radius 2 is 1.38 bits per heavy atom. The first kappa shape index (κ1) is 12.4. The molecule has 0 amide bonds. The molecule has 2 unspecified atom stereocenters. The van der Waals surface area contributed by atoms with Gasteiger partial charge in [0.1, 0.15) is 0 Å². The van der Waals surface area contributed by atoms with E-state index in [0.29, 0.717) is 0 Å². The van der Waals surface area contributed by atoms with Gasteiger partial charge in [0.05, 0.1) is 12.2 Å². The normalized spacial score (nSPS) is 14.9. The van der Waals surface area contributed by atoms with Crippen LogP contribution in [0.3, 0.4) is 0 Å². The van der Waals surface area contributed by atoms with Gasteiger partial charge in [-0.3, -0.25) is 0 Å². The van der Waals surface area contributed by atoms with Crippen LogP contribution in [0, 0.1) is 0 Å². The van der Waals surface area contributed by atoms with E-state index in [4.69, 9.17) is 4.74 Å². The molecule has 13 heavy (non-hydrogen) atoms. The highest BCUT2D eigenvalue weighted by atomic mass is 16.5. The largest absolute Gasteiger partial charge is 0.367 e. The van der Waals surface area contributed by atoms with Crippen molar-refractivity contribution < 1.29 is 4.74 Å². The van der Waals surface area contributed by atoms with E-state index in [0.717, 1.165) is 25.7 Å². The lowest BCUT2D eigenvalue weighted by Gasteiger charge is -2.19. The Balaban J connectivity index is 3.86. The molecule has 1 heteroatoms. The molecule has 0 rings (SSSR count). The SMILES string of the molecule is C=CC(CCC)OC(C=C)CCC. The Labute approximate surface area is 82.5 Å². The van der Waals surface area contributed by atoms with Gasteiger partial charge in [-0.2, -0.15) is 0 Å². The van der Waals surface area contributed by atoms with E-state index in [1.165, 1.54) is 0 Å². The summed E-state index contributed by atoms with van der Waals surface area (Å²) in [6.45, 7) is 11.8. The van der Waals surface area contributed by atoms with Gasteiger partial charge in [0, 0.05) is 0 Å². The van der Waals surface area contributed by atoms with Crippen LogP contribution in [0.25, 0.3) is 0 Å². The molecule has 0 saturated carbocycles. The van der Waals surface area contributed by atoms with Crippen molar-refractivity contribution in [3.05, 3.63) is 25.3 Å². The molecule has 0 aromatic carbocycles. The second-order valence-electron chi connectivity index (χ2n) is 3.26. The molecule has 0 aromatic rings. The van der Waals surface area contributed by atoms with Crippen molar-refractivity contribution in [2.45, 2.75) is 51.7 Å². The highest BCUT2D eigenvalue weighted by molar-refractivity contribution is 4.86. The molecule has 1 nitrogen and oxygen atoms in total. The Morgan fingerprint density at radius 3 is 1.62 bits per heavy atom. The fourth-order valence-electron chi connectivity index (χ4n) is 1.28. The van der Waals surface area contributed by atoms with Crippen LogP contribution in [0.4, 0.5) is 0 Å². The Morgan fingerprint density at radius 1 is 1.00 bits per heavy atom. The van der Waals surface area contributed by atoms with Crippen molar-refractivity contribution in [3.8, 4) is 0 Å². The number of ether oxygens (including phenoxy) is 1. The van der Waals surface area contributed by atoms with Crippen LogP contribution in [0.5, 0.6) is 0 Å². The minimum Gasteiger partial charge on any atom is -0.367 e. The van der Waals surface area contributed by atoms with E-state index in [1.807, 2.05) is 12.2 Å². The Hall–Kier alpha value is -0.560. The minimum absolute atomic E-state index is 0.194. The van der Waals surface area contributed by atoms with Crippen LogP contribution in [0.15, 0.2) is 25.3 Å². The predicted octanol–water partition coefficient (Wildman–Crippen LogP) is 3.71. The van der Waals surface area contributed by atoms with Gasteiger partial charge in [-0.15, -0.1) is 13.2 Å². The second-order valence-corrected chi connectivity index (χ2v) is 3.26. The maximum absolute atomic E-state index is 5.79. The zero-order valence-electron chi connectivity index (χ0n) is 8.96. The molecular weight excluding hydrogens is 160 g/mol. The fraction of sp³-hybridized carbons (Fsp3) is 0.667. The van der Waals surface area contributed by atoms with Gasteiger partial charge in [0.15, 0.2) is 0 Å². The topological polar surface area (TPSA) is 9.23 Å². The summed E-state index contributed by atoms with van der Waals surface area (Å²) in [5.41, 5.74) is 0.